The molecule has 3 nitrogen and oxygen atoms in total. The minimum Gasteiger partial charge on any atom is -0.312 e. The second kappa shape index (κ2) is 6.75. The monoisotopic (exact) mass is 356 g/mol. The molecule has 1 heterocycles. The van der Waals surface area contributed by atoms with E-state index in [1.54, 1.807) is 24.3 Å². The summed E-state index contributed by atoms with van der Waals surface area (Å²) in [6.07, 6.45) is 1.81. The summed E-state index contributed by atoms with van der Waals surface area (Å²) < 4.78 is 3.15. The van der Waals surface area contributed by atoms with Crippen LogP contribution in [-0.4, -0.2) is 10.5 Å². The van der Waals surface area contributed by atoms with Crippen LogP contribution in [-0.2, 0) is 6.54 Å². The molecule has 122 valence electrons. The first-order valence-corrected chi connectivity index (χ1v) is 8.75. The Kier molecular flexibility index (Phi) is 4.69. The average molecular weight is 357 g/mol. The van der Waals surface area contributed by atoms with Gasteiger partial charge in [0.1, 0.15) is 0 Å². The lowest BCUT2D eigenvalue weighted by molar-refractivity contribution is 0.0998. The highest BCUT2D eigenvalue weighted by molar-refractivity contribution is 7.16. The second-order valence-electron chi connectivity index (χ2n) is 5.64. The van der Waals surface area contributed by atoms with E-state index in [1.165, 1.54) is 22.5 Å². The Morgan fingerprint density at radius 3 is 2.83 bits per heavy atom. The summed E-state index contributed by atoms with van der Waals surface area (Å²) in [7, 11) is 0. The summed E-state index contributed by atoms with van der Waals surface area (Å²) >= 11 is 7.48. The topological polar surface area (TPSA) is 34.4 Å². The number of amides is 1. The van der Waals surface area contributed by atoms with E-state index in [0.29, 0.717) is 21.9 Å². The van der Waals surface area contributed by atoms with Crippen molar-refractivity contribution < 1.29 is 4.79 Å². The van der Waals surface area contributed by atoms with Gasteiger partial charge >= 0.3 is 0 Å². The van der Waals surface area contributed by atoms with Crippen molar-refractivity contribution in [1.82, 2.24) is 4.57 Å². The van der Waals surface area contributed by atoms with Gasteiger partial charge in [0.05, 0.1) is 10.2 Å². The van der Waals surface area contributed by atoms with Gasteiger partial charge in [0.2, 0.25) is 0 Å². The minimum atomic E-state index is -0.295. The number of nitrogens with zero attached hydrogens (tertiary/aromatic N) is 2. The summed E-state index contributed by atoms with van der Waals surface area (Å²) in [6.45, 7) is 8.56. The molecule has 2 aromatic carbocycles. The number of aryl methyl sites for hydroxylation is 2. The smallest absolute Gasteiger partial charge is 0.279 e. The Morgan fingerprint density at radius 2 is 2.12 bits per heavy atom. The van der Waals surface area contributed by atoms with Crippen molar-refractivity contribution in [3.05, 3.63) is 75.6 Å². The van der Waals surface area contributed by atoms with E-state index in [4.69, 9.17) is 11.6 Å². The van der Waals surface area contributed by atoms with Crippen LogP contribution in [0.3, 0.4) is 0 Å². The van der Waals surface area contributed by atoms with Crippen molar-refractivity contribution in [3.63, 3.8) is 0 Å². The Labute approximate surface area is 149 Å². The van der Waals surface area contributed by atoms with E-state index in [-0.39, 0.29) is 5.91 Å². The van der Waals surface area contributed by atoms with Crippen LogP contribution in [0, 0.1) is 13.8 Å². The van der Waals surface area contributed by atoms with E-state index in [2.05, 4.69) is 37.6 Å². The van der Waals surface area contributed by atoms with Crippen LogP contribution in [0.25, 0.3) is 10.2 Å². The SMILES string of the molecule is C=CCn1c(=NC(=O)c2cccc(Cl)c2)sc2cc(C)cc(C)c21. The molecule has 0 aliphatic carbocycles. The van der Waals surface area contributed by atoms with Crippen LogP contribution in [0.2, 0.25) is 5.02 Å². The number of halogens is 1. The Bertz CT molecular complexity index is 1010. The van der Waals surface area contributed by atoms with Gasteiger partial charge in [0.15, 0.2) is 4.80 Å². The molecular formula is C19H17ClN2OS. The van der Waals surface area contributed by atoms with E-state index < -0.39 is 0 Å². The van der Waals surface area contributed by atoms with Crippen molar-refractivity contribution in [2.24, 2.45) is 4.99 Å². The lowest BCUT2D eigenvalue weighted by Gasteiger charge is -2.05. The second-order valence-corrected chi connectivity index (χ2v) is 7.09. The molecule has 0 aliphatic heterocycles. The molecule has 3 aromatic rings. The van der Waals surface area contributed by atoms with Crippen LogP contribution < -0.4 is 4.80 Å². The van der Waals surface area contributed by atoms with E-state index in [9.17, 15) is 4.79 Å². The molecule has 0 bridgehead atoms. The number of hydrogen-bond donors (Lipinski definition) is 0. The van der Waals surface area contributed by atoms with Crippen molar-refractivity contribution in [1.29, 1.82) is 0 Å². The third-order valence-corrected chi connectivity index (χ3v) is 4.95. The molecular weight excluding hydrogens is 340 g/mol. The average Bonchev–Trinajstić information content (AvgIpc) is 2.85. The van der Waals surface area contributed by atoms with Gasteiger partial charge in [0, 0.05) is 17.1 Å². The van der Waals surface area contributed by atoms with Crippen LogP contribution in [0.1, 0.15) is 21.5 Å². The lowest BCUT2D eigenvalue weighted by atomic mass is 10.1. The summed E-state index contributed by atoms with van der Waals surface area (Å²) in [6, 6.07) is 11.1. The maximum absolute atomic E-state index is 12.5. The van der Waals surface area contributed by atoms with E-state index in [0.717, 1.165) is 10.2 Å². The fraction of sp³-hybridized carbons (Fsp3) is 0.158. The predicted molar refractivity (Wildman–Crippen MR) is 101 cm³/mol. The van der Waals surface area contributed by atoms with E-state index >= 15 is 0 Å². The first-order valence-electron chi connectivity index (χ1n) is 7.55. The highest BCUT2D eigenvalue weighted by Gasteiger charge is 2.11. The van der Waals surface area contributed by atoms with Crippen molar-refractivity contribution in [3.8, 4) is 0 Å². The number of hydrogen-bond acceptors (Lipinski definition) is 2. The largest absolute Gasteiger partial charge is 0.312 e. The molecule has 0 N–H and O–H groups in total. The van der Waals surface area contributed by atoms with Crippen molar-refractivity contribution >= 4 is 39.1 Å². The molecule has 1 amide bonds. The molecule has 0 spiro atoms. The number of aromatic nitrogens is 1. The van der Waals surface area contributed by atoms with Gasteiger partial charge in [-0.15, -0.1) is 6.58 Å². The zero-order chi connectivity index (χ0) is 17.3. The van der Waals surface area contributed by atoms with Gasteiger partial charge in [-0.3, -0.25) is 4.79 Å². The zero-order valence-corrected chi connectivity index (χ0v) is 15.1. The number of carbonyl (C=O) groups excluding carboxylic acids is 1. The van der Waals surface area contributed by atoms with Crippen LogP contribution in [0.4, 0.5) is 0 Å². The third kappa shape index (κ3) is 3.21. The fourth-order valence-electron chi connectivity index (χ4n) is 2.75. The van der Waals surface area contributed by atoms with Crippen LogP contribution in [0.15, 0.2) is 54.0 Å². The number of fused-ring (bicyclic) bond motifs is 1. The lowest BCUT2D eigenvalue weighted by Crippen LogP contribution is -2.16. The maximum Gasteiger partial charge on any atom is 0.279 e. The highest BCUT2D eigenvalue weighted by atomic mass is 35.5. The molecule has 0 atom stereocenters. The van der Waals surface area contributed by atoms with Gasteiger partial charge in [-0.05, 0) is 49.2 Å². The van der Waals surface area contributed by atoms with Crippen LogP contribution in [0.5, 0.6) is 0 Å². The van der Waals surface area contributed by atoms with Crippen molar-refractivity contribution in [2.45, 2.75) is 20.4 Å². The van der Waals surface area contributed by atoms with Crippen LogP contribution >= 0.6 is 22.9 Å². The van der Waals surface area contributed by atoms with E-state index in [1.807, 2.05) is 10.6 Å². The number of thiazole rings is 1. The first kappa shape index (κ1) is 16.7. The summed E-state index contributed by atoms with van der Waals surface area (Å²) in [5, 5.41) is 0.526. The van der Waals surface area contributed by atoms with Gasteiger partial charge in [-0.25, -0.2) is 0 Å². The number of benzene rings is 2. The highest BCUT2D eigenvalue weighted by Crippen LogP contribution is 2.23. The minimum absolute atomic E-state index is 0.295. The number of rotatable bonds is 3. The summed E-state index contributed by atoms with van der Waals surface area (Å²) in [5.74, 6) is -0.295. The Balaban J connectivity index is 2.21. The molecule has 0 radical (unpaired) electrons. The number of allylic oxidation sites excluding steroid dienone is 1. The van der Waals surface area contributed by atoms with Gasteiger partial charge in [0.25, 0.3) is 5.91 Å². The quantitative estimate of drug-likeness (QED) is 0.614. The third-order valence-electron chi connectivity index (χ3n) is 3.69. The normalized spacial score (nSPS) is 11.9. The molecule has 1 aromatic heterocycles. The molecule has 0 saturated heterocycles. The Hall–Kier alpha value is -2.17. The molecule has 0 unspecified atom stereocenters. The summed E-state index contributed by atoms with van der Waals surface area (Å²) in [4.78, 5) is 17.5. The van der Waals surface area contributed by atoms with Crippen molar-refractivity contribution in [2.75, 3.05) is 0 Å². The molecule has 3 rings (SSSR count). The molecule has 24 heavy (non-hydrogen) atoms. The molecule has 0 saturated carbocycles. The van der Waals surface area contributed by atoms with Gasteiger partial charge in [-0.2, -0.15) is 4.99 Å². The molecule has 5 heteroatoms. The zero-order valence-electron chi connectivity index (χ0n) is 13.5. The molecule has 0 fully saturated rings. The predicted octanol–water partition coefficient (Wildman–Crippen LogP) is 4.90. The molecule has 0 aliphatic rings. The van der Waals surface area contributed by atoms with Gasteiger partial charge in [-0.1, -0.05) is 41.1 Å². The van der Waals surface area contributed by atoms with Gasteiger partial charge < -0.3 is 4.57 Å². The maximum atomic E-state index is 12.5. The standard InChI is InChI=1S/C19H17ClN2OS/c1-4-8-22-17-13(3)9-12(2)10-16(17)24-19(22)21-18(23)14-6-5-7-15(20)11-14/h4-7,9-11H,1,8H2,2-3H3. The number of carbonyl (C=O) groups is 1. The first-order chi connectivity index (χ1) is 11.5. The summed E-state index contributed by atoms with van der Waals surface area (Å²) in [5.41, 5.74) is 3.95. The fourth-order valence-corrected chi connectivity index (χ4v) is 4.15. The Morgan fingerprint density at radius 1 is 1.33 bits per heavy atom.